The van der Waals surface area contributed by atoms with E-state index in [1.165, 1.54) is 12.4 Å². The van der Waals surface area contributed by atoms with Gasteiger partial charge in [-0.2, -0.15) is 0 Å². The van der Waals surface area contributed by atoms with Crippen LogP contribution in [0.5, 0.6) is 0 Å². The van der Waals surface area contributed by atoms with Crippen LogP contribution in [-0.4, -0.2) is 15.8 Å². The summed E-state index contributed by atoms with van der Waals surface area (Å²) in [6.45, 7) is 5.72. The number of carbonyl (C=O) groups is 1. The average molecular weight is 193 g/mol. The number of Topliss-reactive ketones (excluding diaryl/α,β-unsaturated/α-hetero) is 1. The fraction of sp³-hybridized carbons (Fsp3) is 0.500. The zero-order valence-corrected chi connectivity index (χ0v) is 8.74. The Kier molecular flexibility index (Phi) is 2.84. The van der Waals surface area contributed by atoms with E-state index in [0.29, 0.717) is 0 Å². The van der Waals surface area contributed by atoms with Gasteiger partial charge in [-0.1, -0.05) is 20.8 Å². The van der Waals surface area contributed by atoms with Gasteiger partial charge in [0.1, 0.15) is 5.69 Å². The third-order valence-corrected chi connectivity index (χ3v) is 2.44. The summed E-state index contributed by atoms with van der Waals surface area (Å²) in [7, 11) is 0. The summed E-state index contributed by atoms with van der Waals surface area (Å²) >= 11 is 0. The van der Waals surface area contributed by atoms with Crippen LogP contribution in [0.1, 0.15) is 37.7 Å². The first-order valence-corrected chi connectivity index (χ1v) is 4.60. The highest BCUT2D eigenvalue weighted by Gasteiger charge is 2.29. The van der Waals surface area contributed by atoms with Gasteiger partial charge in [0, 0.05) is 17.8 Å². The molecule has 0 bridgehead atoms. The molecule has 0 aliphatic rings. The molecule has 0 amide bonds. The topological polar surface area (TPSA) is 68.9 Å². The monoisotopic (exact) mass is 193 g/mol. The van der Waals surface area contributed by atoms with Crippen molar-refractivity contribution in [2.75, 3.05) is 5.73 Å². The van der Waals surface area contributed by atoms with Crippen molar-refractivity contribution in [3.8, 4) is 0 Å². The van der Waals surface area contributed by atoms with Gasteiger partial charge in [0.05, 0.1) is 0 Å². The minimum Gasteiger partial charge on any atom is -0.382 e. The Morgan fingerprint density at radius 3 is 2.50 bits per heavy atom. The highest BCUT2D eigenvalue weighted by molar-refractivity contribution is 6.01. The van der Waals surface area contributed by atoms with Gasteiger partial charge < -0.3 is 5.73 Å². The molecule has 1 aromatic heterocycles. The van der Waals surface area contributed by atoms with Crippen LogP contribution in [0.3, 0.4) is 0 Å². The molecule has 0 spiro atoms. The van der Waals surface area contributed by atoms with Gasteiger partial charge in [-0.25, -0.2) is 9.97 Å². The molecule has 0 radical (unpaired) electrons. The van der Waals surface area contributed by atoms with E-state index >= 15 is 0 Å². The van der Waals surface area contributed by atoms with Crippen molar-refractivity contribution in [3.05, 3.63) is 18.1 Å². The first-order valence-electron chi connectivity index (χ1n) is 4.60. The Morgan fingerprint density at radius 2 is 2.00 bits per heavy atom. The zero-order valence-electron chi connectivity index (χ0n) is 8.74. The second-order valence-electron chi connectivity index (χ2n) is 3.86. The second-order valence-corrected chi connectivity index (χ2v) is 3.86. The molecule has 0 aromatic carbocycles. The fourth-order valence-corrected chi connectivity index (χ4v) is 1.00. The van der Waals surface area contributed by atoms with E-state index < -0.39 is 5.41 Å². The first kappa shape index (κ1) is 10.6. The predicted octanol–water partition coefficient (Wildman–Crippen LogP) is 1.68. The molecule has 0 saturated heterocycles. The maximum absolute atomic E-state index is 11.9. The van der Waals surface area contributed by atoms with Crippen molar-refractivity contribution in [2.45, 2.75) is 27.2 Å². The lowest BCUT2D eigenvalue weighted by Crippen LogP contribution is -2.25. The third kappa shape index (κ3) is 1.89. The van der Waals surface area contributed by atoms with E-state index in [-0.39, 0.29) is 17.3 Å². The lowest BCUT2D eigenvalue weighted by molar-refractivity contribution is 0.0828. The van der Waals surface area contributed by atoms with E-state index in [4.69, 9.17) is 5.73 Å². The highest BCUT2D eigenvalue weighted by Crippen LogP contribution is 2.25. The van der Waals surface area contributed by atoms with Crippen molar-refractivity contribution in [3.63, 3.8) is 0 Å². The molecular weight excluding hydrogens is 178 g/mol. The van der Waals surface area contributed by atoms with E-state index in [1.54, 1.807) is 0 Å². The molecular formula is C10H15N3O. The molecule has 76 valence electrons. The lowest BCUT2D eigenvalue weighted by atomic mass is 9.84. The van der Waals surface area contributed by atoms with Gasteiger partial charge in [-0.15, -0.1) is 0 Å². The predicted molar refractivity (Wildman–Crippen MR) is 54.8 cm³/mol. The van der Waals surface area contributed by atoms with Crippen LogP contribution >= 0.6 is 0 Å². The zero-order chi connectivity index (χ0) is 10.8. The van der Waals surface area contributed by atoms with Crippen LogP contribution in [0.25, 0.3) is 0 Å². The van der Waals surface area contributed by atoms with Crippen LogP contribution in [0, 0.1) is 5.41 Å². The number of nitrogens with two attached hydrogens (primary N) is 1. The maximum atomic E-state index is 11.9. The van der Waals surface area contributed by atoms with Gasteiger partial charge in [0.15, 0.2) is 11.6 Å². The van der Waals surface area contributed by atoms with Crippen molar-refractivity contribution >= 4 is 11.6 Å². The minimum atomic E-state index is -0.426. The first-order chi connectivity index (χ1) is 6.49. The number of nitrogen functional groups attached to an aromatic ring is 1. The van der Waals surface area contributed by atoms with Crippen LogP contribution < -0.4 is 5.73 Å². The number of ketones is 1. The molecule has 4 nitrogen and oxygen atoms in total. The van der Waals surface area contributed by atoms with Gasteiger partial charge in [-0.05, 0) is 6.42 Å². The van der Waals surface area contributed by atoms with Crippen LogP contribution in [-0.2, 0) is 0 Å². The molecule has 0 fully saturated rings. The molecule has 1 rings (SSSR count). The summed E-state index contributed by atoms with van der Waals surface area (Å²) in [6, 6.07) is 0. The number of rotatable bonds is 3. The van der Waals surface area contributed by atoms with E-state index in [1.807, 2.05) is 20.8 Å². The lowest BCUT2D eigenvalue weighted by Gasteiger charge is -2.20. The van der Waals surface area contributed by atoms with E-state index in [9.17, 15) is 4.79 Å². The van der Waals surface area contributed by atoms with Crippen LogP contribution in [0.15, 0.2) is 12.4 Å². The van der Waals surface area contributed by atoms with Gasteiger partial charge in [-0.3, -0.25) is 4.79 Å². The molecule has 4 heteroatoms. The van der Waals surface area contributed by atoms with Crippen molar-refractivity contribution < 1.29 is 4.79 Å². The Labute approximate surface area is 83.6 Å². The van der Waals surface area contributed by atoms with E-state index in [0.717, 1.165) is 6.42 Å². The van der Waals surface area contributed by atoms with Crippen LogP contribution in [0.2, 0.25) is 0 Å². The average Bonchev–Trinajstić information content (AvgIpc) is 2.17. The molecule has 0 unspecified atom stereocenters. The van der Waals surface area contributed by atoms with Gasteiger partial charge >= 0.3 is 0 Å². The van der Waals surface area contributed by atoms with Crippen molar-refractivity contribution in [1.29, 1.82) is 0 Å². The van der Waals surface area contributed by atoms with Crippen molar-refractivity contribution in [2.24, 2.45) is 5.41 Å². The number of aromatic nitrogens is 2. The summed E-state index contributed by atoms with van der Waals surface area (Å²) in [5.74, 6) is 0.157. The normalized spacial score (nSPS) is 11.4. The second kappa shape index (κ2) is 3.74. The third-order valence-electron chi connectivity index (χ3n) is 2.44. The van der Waals surface area contributed by atoms with Crippen LogP contribution in [0.4, 0.5) is 5.82 Å². The Hall–Kier alpha value is -1.45. The number of nitrogens with zero attached hydrogens (tertiary/aromatic N) is 2. The molecule has 1 heterocycles. The van der Waals surface area contributed by atoms with E-state index in [2.05, 4.69) is 9.97 Å². The van der Waals surface area contributed by atoms with Crippen molar-refractivity contribution in [1.82, 2.24) is 9.97 Å². The molecule has 0 aliphatic carbocycles. The highest BCUT2D eigenvalue weighted by atomic mass is 16.1. The SMILES string of the molecule is CCC(C)(C)C(=O)c1nccnc1N. The number of anilines is 1. The summed E-state index contributed by atoms with van der Waals surface area (Å²) < 4.78 is 0. The molecule has 1 aromatic rings. The molecule has 0 saturated carbocycles. The molecule has 14 heavy (non-hydrogen) atoms. The summed E-state index contributed by atoms with van der Waals surface area (Å²) in [5, 5.41) is 0. The molecule has 0 aliphatic heterocycles. The van der Waals surface area contributed by atoms with Gasteiger partial charge in [0.25, 0.3) is 0 Å². The van der Waals surface area contributed by atoms with Gasteiger partial charge in [0.2, 0.25) is 0 Å². The summed E-state index contributed by atoms with van der Waals surface area (Å²) in [6.07, 6.45) is 3.71. The Balaban J connectivity index is 3.07. The molecule has 0 atom stereocenters. The number of hydrogen-bond donors (Lipinski definition) is 1. The Morgan fingerprint density at radius 1 is 1.43 bits per heavy atom. The maximum Gasteiger partial charge on any atom is 0.190 e. The smallest absolute Gasteiger partial charge is 0.190 e. The number of carbonyl (C=O) groups excluding carboxylic acids is 1. The Bertz CT molecular complexity index is 347. The molecule has 2 N–H and O–H groups in total. The largest absolute Gasteiger partial charge is 0.382 e. The quantitative estimate of drug-likeness (QED) is 0.741. The summed E-state index contributed by atoms with van der Waals surface area (Å²) in [4.78, 5) is 19.7. The number of hydrogen-bond acceptors (Lipinski definition) is 4. The fourth-order valence-electron chi connectivity index (χ4n) is 1.00. The standard InChI is InChI=1S/C10H15N3O/c1-4-10(2,3)8(14)7-9(11)13-6-5-12-7/h5-6H,4H2,1-3H3,(H2,11,13). The summed E-state index contributed by atoms with van der Waals surface area (Å²) in [5.41, 5.74) is 5.43. The minimum absolute atomic E-state index is 0.0504.